The lowest BCUT2D eigenvalue weighted by Gasteiger charge is -2.13. The molecule has 0 aliphatic rings. The molecule has 0 aromatic heterocycles. The van der Waals surface area contributed by atoms with E-state index in [2.05, 4.69) is 21.2 Å². The van der Waals surface area contributed by atoms with Crippen LogP contribution in [0.5, 0.6) is 0 Å². The molecule has 2 aromatic carbocycles. The molecule has 0 saturated carbocycles. The Morgan fingerprint density at radius 3 is 2.67 bits per heavy atom. The first-order valence-corrected chi connectivity index (χ1v) is 7.81. The van der Waals surface area contributed by atoms with Crippen LogP contribution in [-0.4, -0.2) is 24.4 Å². The van der Waals surface area contributed by atoms with E-state index in [1.807, 2.05) is 42.5 Å². The van der Waals surface area contributed by atoms with E-state index in [0.717, 1.165) is 15.7 Å². The number of ether oxygens (including phenoxy) is 1. The minimum atomic E-state index is -0.567. The zero-order valence-electron chi connectivity index (χ0n) is 11.4. The highest BCUT2D eigenvalue weighted by Gasteiger charge is 2.05. The molecule has 2 rings (SSSR count). The average molecular weight is 371 g/mol. The van der Waals surface area contributed by atoms with Gasteiger partial charge in [0.15, 0.2) is 0 Å². The van der Waals surface area contributed by atoms with E-state index in [9.17, 15) is 5.11 Å². The molecule has 1 atom stereocenters. The van der Waals surface area contributed by atoms with Crippen LogP contribution in [0.15, 0.2) is 53.0 Å². The Labute approximate surface area is 138 Å². The molecule has 0 aliphatic carbocycles. The van der Waals surface area contributed by atoms with Crippen molar-refractivity contribution < 1.29 is 9.84 Å². The normalized spacial score (nSPS) is 12.1. The standard InChI is InChI=1S/C16H17BrClNO2/c17-15-8-13(6-7-16(15)18)19-9-14(20)11-21-10-12-4-2-1-3-5-12/h1-8,14,19-20H,9-11H2. The predicted molar refractivity (Wildman–Crippen MR) is 89.7 cm³/mol. The van der Waals surface area contributed by atoms with Crippen LogP contribution >= 0.6 is 27.5 Å². The third kappa shape index (κ3) is 5.67. The Bertz CT molecular complexity index is 565. The zero-order valence-corrected chi connectivity index (χ0v) is 13.8. The monoisotopic (exact) mass is 369 g/mol. The van der Waals surface area contributed by atoms with E-state index in [1.54, 1.807) is 6.07 Å². The molecular weight excluding hydrogens is 354 g/mol. The molecule has 2 N–H and O–H groups in total. The van der Waals surface area contributed by atoms with Crippen molar-refractivity contribution in [3.8, 4) is 0 Å². The van der Waals surface area contributed by atoms with E-state index >= 15 is 0 Å². The molecule has 0 heterocycles. The summed E-state index contributed by atoms with van der Waals surface area (Å²) in [5, 5.41) is 13.7. The number of rotatable bonds is 7. The molecule has 0 fully saturated rings. The van der Waals surface area contributed by atoms with Crippen molar-refractivity contribution in [3.05, 3.63) is 63.6 Å². The van der Waals surface area contributed by atoms with Gasteiger partial charge in [-0.05, 0) is 39.7 Å². The topological polar surface area (TPSA) is 41.5 Å². The maximum Gasteiger partial charge on any atom is 0.0945 e. The highest BCUT2D eigenvalue weighted by molar-refractivity contribution is 9.10. The Morgan fingerprint density at radius 2 is 1.95 bits per heavy atom. The van der Waals surface area contributed by atoms with Crippen molar-refractivity contribution in [2.24, 2.45) is 0 Å². The highest BCUT2D eigenvalue weighted by atomic mass is 79.9. The van der Waals surface area contributed by atoms with Gasteiger partial charge in [-0.2, -0.15) is 0 Å². The maximum absolute atomic E-state index is 9.89. The van der Waals surface area contributed by atoms with Gasteiger partial charge in [-0.3, -0.25) is 0 Å². The lowest BCUT2D eigenvalue weighted by Crippen LogP contribution is -2.24. The number of aliphatic hydroxyl groups excluding tert-OH is 1. The average Bonchev–Trinajstić information content (AvgIpc) is 2.49. The van der Waals surface area contributed by atoms with Gasteiger partial charge in [0, 0.05) is 16.7 Å². The van der Waals surface area contributed by atoms with Gasteiger partial charge in [0.05, 0.1) is 24.3 Å². The summed E-state index contributed by atoms with van der Waals surface area (Å²) in [6.07, 6.45) is -0.567. The summed E-state index contributed by atoms with van der Waals surface area (Å²) in [7, 11) is 0. The Kier molecular flexibility index (Phi) is 6.51. The van der Waals surface area contributed by atoms with Gasteiger partial charge in [0.25, 0.3) is 0 Å². The van der Waals surface area contributed by atoms with Crippen LogP contribution in [0.2, 0.25) is 5.02 Å². The maximum atomic E-state index is 9.89. The number of aliphatic hydroxyl groups is 1. The largest absolute Gasteiger partial charge is 0.389 e. The van der Waals surface area contributed by atoms with Gasteiger partial charge in [-0.25, -0.2) is 0 Å². The van der Waals surface area contributed by atoms with Gasteiger partial charge >= 0.3 is 0 Å². The van der Waals surface area contributed by atoms with Crippen molar-refractivity contribution in [1.29, 1.82) is 0 Å². The first kappa shape index (κ1) is 16.3. The van der Waals surface area contributed by atoms with Crippen molar-refractivity contribution in [1.82, 2.24) is 0 Å². The molecule has 0 radical (unpaired) electrons. The second kappa shape index (κ2) is 8.39. The highest BCUT2D eigenvalue weighted by Crippen LogP contribution is 2.25. The van der Waals surface area contributed by atoms with E-state index < -0.39 is 6.10 Å². The molecule has 112 valence electrons. The number of nitrogens with one attached hydrogen (secondary N) is 1. The number of hydrogen-bond acceptors (Lipinski definition) is 3. The molecule has 1 unspecified atom stereocenters. The first-order chi connectivity index (χ1) is 10.1. The summed E-state index contributed by atoms with van der Waals surface area (Å²) in [4.78, 5) is 0. The third-order valence-corrected chi connectivity index (χ3v) is 4.10. The molecule has 2 aromatic rings. The predicted octanol–water partition coefficient (Wildman–Crippen LogP) is 4.09. The molecule has 5 heteroatoms. The SMILES string of the molecule is OC(CNc1ccc(Cl)c(Br)c1)COCc1ccccc1. The van der Waals surface area contributed by atoms with E-state index in [-0.39, 0.29) is 6.61 Å². The van der Waals surface area contributed by atoms with E-state index in [0.29, 0.717) is 18.2 Å². The van der Waals surface area contributed by atoms with Crippen molar-refractivity contribution >= 4 is 33.2 Å². The van der Waals surface area contributed by atoms with Crippen LogP contribution in [0, 0.1) is 0 Å². The molecule has 0 amide bonds. The molecular formula is C16H17BrClNO2. The van der Waals surface area contributed by atoms with Gasteiger partial charge in [0.2, 0.25) is 0 Å². The van der Waals surface area contributed by atoms with E-state index in [1.165, 1.54) is 0 Å². The fraction of sp³-hybridized carbons (Fsp3) is 0.250. The minimum Gasteiger partial charge on any atom is -0.389 e. The van der Waals surface area contributed by atoms with Gasteiger partial charge in [0.1, 0.15) is 0 Å². The van der Waals surface area contributed by atoms with Crippen LogP contribution in [-0.2, 0) is 11.3 Å². The smallest absolute Gasteiger partial charge is 0.0945 e. The fourth-order valence-electron chi connectivity index (χ4n) is 1.79. The first-order valence-electron chi connectivity index (χ1n) is 6.64. The molecule has 3 nitrogen and oxygen atoms in total. The summed E-state index contributed by atoms with van der Waals surface area (Å²) in [6, 6.07) is 15.4. The van der Waals surface area contributed by atoms with Gasteiger partial charge < -0.3 is 15.2 Å². The van der Waals surface area contributed by atoms with Crippen molar-refractivity contribution in [2.75, 3.05) is 18.5 Å². The number of hydrogen-bond donors (Lipinski definition) is 2. The van der Waals surface area contributed by atoms with Crippen LogP contribution in [0.4, 0.5) is 5.69 Å². The number of halogens is 2. The summed E-state index contributed by atoms with van der Waals surface area (Å²) in [6.45, 7) is 1.21. The summed E-state index contributed by atoms with van der Waals surface area (Å²) < 4.78 is 6.32. The van der Waals surface area contributed by atoms with Crippen LogP contribution < -0.4 is 5.32 Å². The summed E-state index contributed by atoms with van der Waals surface area (Å²) in [5.74, 6) is 0. The van der Waals surface area contributed by atoms with Crippen LogP contribution in [0.3, 0.4) is 0 Å². The molecule has 0 spiro atoms. The summed E-state index contributed by atoms with van der Waals surface area (Å²) in [5.41, 5.74) is 1.99. The zero-order chi connectivity index (χ0) is 15.1. The summed E-state index contributed by atoms with van der Waals surface area (Å²) >= 11 is 9.29. The second-order valence-electron chi connectivity index (χ2n) is 4.66. The van der Waals surface area contributed by atoms with Crippen LogP contribution in [0.25, 0.3) is 0 Å². The quantitative estimate of drug-likeness (QED) is 0.771. The van der Waals surface area contributed by atoms with E-state index in [4.69, 9.17) is 16.3 Å². The van der Waals surface area contributed by atoms with Gasteiger partial charge in [-0.15, -0.1) is 0 Å². The van der Waals surface area contributed by atoms with Crippen molar-refractivity contribution in [3.63, 3.8) is 0 Å². The minimum absolute atomic E-state index is 0.288. The Hall–Kier alpha value is -1.07. The molecule has 21 heavy (non-hydrogen) atoms. The molecule has 0 saturated heterocycles. The number of benzene rings is 2. The Balaban J connectivity index is 1.69. The second-order valence-corrected chi connectivity index (χ2v) is 5.93. The lowest BCUT2D eigenvalue weighted by molar-refractivity contribution is 0.0348. The van der Waals surface area contributed by atoms with Gasteiger partial charge in [-0.1, -0.05) is 41.9 Å². The van der Waals surface area contributed by atoms with Crippen molar-refractivity contribution in [2.45, 2.75) is 12.7 Å². The molecule has 0 aliphatic heterocycles. The fourth-order valence-corrected chi connectivity index (χ4v) is 2.28. The van der Waals surface area contributed by atoms with Crippen LogP contribution in [0.1, 0.15) is 5.56 Å². The number of anilines is 1. The molecule has 0 bridgehead atoms. The lowest BCUT2D eigenvalue weighted by atomic mass is 10.2. The Morgan fingerprint density at radius 1 is 1.19 bits per heavy atom. The third-order valence-electron chi connectivity index (χ3n) is 2.88.